The van der Waals surface area contributed by atoms with Gasteiger partial charge < -0.3 is 0 Å². The Hall–Kier alpha value is -3.90. The molecule has 0 bridgehead atoms. The van der Waals surface area contributed by atoms with Crippen LogP contribution in [0.25, 0.3) is 6.08 Å². The summed E-state index contributed by atoms with van der Waals surface area (Å²) in [6.45, 7) is 23.5. The van der Waals surface area contributed by atoms with E-state index in [9.17, 15) is 0 Å². The highest BCUT2D eigenvalue weighted by atomic mass is 14.4. The highest BCUT2D eigenvalue weighted by Crippen LogP contribution is 2.53. The van der Waals surface area contributed by atoms with Gasteiger partial charge in [0.15, 0.2) is 0 Å². The molecule has 44 heavy (non-hydrogen) atoms. The number of rotatable bonds is 7. The Morgan fingerprint density at radius 2 is 1.57 bits per heavy atom. The number of allylic oxidation sites excluding steroid dienone is 13. The van der Waals surface area contributed by atoms with E-state index in [2.05, 4.69) is 150 Å². The van der Waals surface area contributed by atoms with Crippen LogP contribution in [0.4, 0.5) is 0 Å². The van der Waals surface area contributed by atoms with Crippen molar-refractivity contribution in [1.29, 1.82) is 0 Å². The predicted molar refractivity (Wildman–Crippen MR) is 199 cm³/mol. The second kappa shape index (κ2) is 20.1. The van der Waals surface area contributed by atoms with Gasteiger partial charge in [0, 0.05) is 0 Å². The van der Waals surface area contributed by atoms with Crippen LogP contribution in [0.2, 0.25) is 0 Å². The molecule has 1 fully saturated rings. The van der Waals surface area contributed by atoms with E-state index in [-0.39, 0.29) is 0 Å². The van der Waals surface area contributed by atoms with Crippen LogP contribution in [0.3, 0.4) is 0 Å². The topological polar surface area (TPSA) is 0 Å². The van der Waals surface area contributed by atoms with E-state index in [4.69, 9.17) is 0 Å². The zero-order valence-corrected chi connectivity index (χ0v) is 28.2. The zero-order chi connectivity index (χ0) is 32.3. The molecule has 3 aliphatic rings. The summed E-state index contributed by atoms with van der Waals surface area (Å²) in [5, 5.41) is 0. The van der Waals surface area contributed by atoms with Crippen molar-refractivity contribution in [2.75, 3.05) is 0 Å². The maximum absolute atomic E-state index is 3.67. The molecule has 232 valence electrons. The fourth-order valence-electron chi connectivity index (χ4n) is 5.45. The SMILES string of the molecule is C=C.C=C(C)CC.C=CC.CC1=C(/C=C/c2ccc(CC3C=CCC(C4CC4c4ccccc4C)=CC3)cc2)C=CCC=C1. The highest BCUT2D eigenvalue weighted by molar-refractivity contribution is 5.57. The van der Waals surface area contributed by atoms with Gasteiger partial charge in [0.05, 0.1) is 0 Å². The summed E-state index contributed by atoms with van der Waals surface area (Å²) in [7, 11) is 0. The van der Waals surface area contributed by atoms with Gasteiger partial charge in [0.1, 0.15) is 0 Å². The Bertz CT molecular complexity index is 1370. The van der Waals surface area contributed by atoms with Crippen molar-refractivity contribution in [2.24, 2.45) is 11.8 Å². The molecule has 2 aromatic rings. The Morgan fingerprint density at radius 3 is 2.23 bits per heavy atom. The summed E-state index contributed by atoms with van der Waals surface area (Å²) < 4.78 is 0. The molecule has 0 nitrogen and oxygen atoms in total. The summed E-state index contributed by atoms with van der Waals surface area (Å²) in [5.41, 5.74) is 11.2. The van der Waals surface area contributed by atoms with Gasteiger partial charge in [-0.2, -0.15) is 0 Å². The minimum absolute atomic E-state index is 0.602. The molecule has 0 spiro atoms. The van der Waals surface area contributed by atoms with Gasteiger partial charge >= 0.3 is 0 Å². The normalized spacial score (nSPS) is 20.0. The fourth-order valence-corrected chi connectivity index (χ4v) is 5.45. The van der Waals surface area contributed by atoms with Crippen molar-refractivity contribution in [3.63, 3.8) is 0 Å². The Kier molecular flexibility index (Phi) is 16.6. The number of hydrogen-bond acceptors (Lipinski definition) is 0. The van der Waals surface area contributed by atoms with E-state index < -0.39 is 0 Å². The summed E-state index contributed by atoms with van der Waals surface area (Å²) in [4.78, 5) is 0. The van der Waals surface area contributed by atoms with Crippen molar-refractivity contribution < 1.29 is 0 Å². The van der Waals surface area contributed by atoms with E-state index in [0.29, 0.717) is 5.92 Å². The van der Waals surface area contributed by atoms with Crippen molar-refractivity contribution in [3.8, 4) is 0 Å². The van der Waals surface area contributed by atoms with Crippen LogP contribution in [0.1, 0.15) is 88.0 Å². The molecule has 3 atom stereocenters. The van der Waals surface area contributed by atoms with Crippen molar-refractivity contribution in [2.45, 2.75) is 79.1 Å². The highest BCUT2D eigenvalue weighted by Gasteiger charge is 2.41. The lowest BCUT2D eigenvalue weighted by atomic mass is 9.95. The molecule has 3 aliphatic carbocycles. The molecular formula is C44H56. The van der Waals surface area contributed by atoms with Crippen molar-refractivity contribution >= 4 is 6.08 Å². The molecule has 0 heterocycles. The van der Waals surface area contributed by atoms with Gasteiger partial charge in [-0.15, -0.1) is 26.3 Å². The molecule has 0 aromatic heterocycles. The van der Waals surface area contributed by atoms with Crippen LogP contribution in [-0.2, 0) is 6.42 Å². The first-order valence-electron chi connectivity index (χ1n) is 16.3. The monoisotopic (exact) mass is 584 g/mol. The van der Waals surface area contributed by atoms with Crippen LogP contribution in [0.5, 0.6) is 0 Å². The molecule has 1 saturated carbocycles. The molecule has 2 aromatic carbocycles. The lowest BCUT2D eigenvalue weighted by Gasteiger charge is -2.10. The summed E-state index contributed by atoms with van der Waals surface area (Å²) in [5.74, 6) is 2.10. The molecule has 0 radical (unpaired) electrons. The van der Waals surface area contributed by atoms with E-state index in [1.165, 1.54) is 39.8 Å². The first-order valence-corrected chi connectivity index (χ1v) is 16.3. The molecular weight excluding hydrogens is 528 g/mol. The Morgan fingerprint density at radius 1 is 0.909 bits per heavy atom. The van der Waals surface area contributed by atoms with Crippen LogP contribution >= 0.6 is 0 Å². The summed E-state index contributed by atoms with van der Waals surface area (Å²) in [6.07, 6.45) is 29.4. The lowest BCUT2D eigenvalue weighted by molar-refractivity contribution is 0.658. The number of benzene rings is 2. The van der Waals surface area contributed by atoms with Crippen LogP contribution in [-0.4, -0.2) is 0 Å². The number of aryl methyl sites for hydroxylation is 1. The maximum atomic E-state index is 3.67. The van der Waals surface area contributed by atoms with Crippen molar-refractivity contribution in [1.82, 2.24) is 0 Å². The second-order valence-electron chi connectivity index (χ2n) is 11.9. The molecule has 0 amide bonds. The molecule has 5 rings (SSSR count). The third kappa shape index (κ3) is 12.4. The van der Waals surface area contributed by atoms with Gasteiger partial charge in [-0.3, -0.25) is 0 Å². The molecule has 0 N–H and O–H groups in total. The smallest absolute Gasteiger partial charge is 0.00875 e. The third-order valence-corrected chi connectivity index (χ3v) is 8.23. The minimum atomic E-state index is 0.602. The van der Waals surface area contributed by atoms with Crippen LogP contribution in [0.15, 0.2) is 152 Å². The van der Waals surface area contributed by atoms with Crippen LogP contribution in [0, 0.1) is 18.8 Å². The number of hydrogen-bond donors (Lipinski definition) is 0. The van der Waals surface area contributed by atoms with E-state index in [1.807, 2.05) is 13.8 Å². The first-order chi connectivity index (χ1) is 21.4. The van der Waals surface area contributed by atoms with Gasteiger partial charge in [0.25, 0.3) is 0 Å². The predicted octanol–water partition coefficient (Wildman–Crippen LogP) is 13.0. The van der Waals surface area contributed by atoms with E-state index in [1.54, 1.807) is 17.2 Å². The Balaban J connectivity index is 0.000000596. The average Bonchev–Trinajstić information content (AvgIpc) is 3.87. The van der Waals surface area contributed by atoms with Gasteiger partial charge in [-0.05, 0) is 117 Å². The molecule has 0 aliphatic heterocycles. The zero-order valence-electron chi connectivity index (χ0n) is 28.2. The van der Waals surface area contributed by atoms with E-state index >= 15 is 0 Å². The van der Waals surface area contributed by atoms with Crippen LogP contribution < -0.4 is 0 Å². The quantitative estimate of drug-likeness (QED) is 0.284. The maximum Gasteiger partial charge on any atom is -0.00875 e. The fraction of sp³-hybridized carbons (Fsp3) is 0.318. The third-order valence-electron chi connectivity index (χ3n) is 8.23. The average molecular weight is 585 g/mol. The minimum Gasteiger partial charge on any atom is -0.106 e. The second-order valence-corrected chi connectivity index (χ2v) is 11.9. The Labute approximate surface area is 270 Å². The van der Waals surface area contributed by atoms with E-state index in [0.717, 1.165) is 43.9 Å². The molecule has 0 heteroatoms. The summed E-state index contributed by atoms with van der Waals surface area (Å²) in [6, 6.07) is 18.1. The van der Waals surface area contributed by atoms with Gasteiger partial charge in [0.2, 0.25) is 0 Å². The lowest BCUT2D eigenvalue weighted by Crippen LogP contribution is -2.00. The molecule has 3 unspecified atom stereocenters. The molecule has 0 saturated heterocycles. The van der Waals surface area contributed by atoms with Crippen molar-refractivity contribution in [3.05, 3.63) is 174 Å². The van der Waals surface area contributed by atoms with Gasteiger partial charge in [-0.1, -0.05) is 127 Å². The van der Waals surface area contributed by atoms with Gasteiger partial charge in [-0.25, -0.2) is 0 Å². The largest absolute Gasteiger partial charge is 0.106 e. The standard InChI is InChI=1S/C34H36.C5H10.C3H6.C2H4/c1-25-9-4-3-5-12-30(25)21-19-27-15-17-29(18-16-27)23-28-11-8-13-31(22-20-28)33-24-34(33)32-14-7-6-10-26(32)2;1-4-5(2)3;1-3-2;1-2/h4-12,14-19,21-22,28,33-34H,3,13,20,23-24H2,1-2H3;2,4H2,1,3H3;3H,1H2,2H3;1-2H2/b21-19+;;;. The first kappa shape index (κ1) is 36.3. The summed E-state index contributed by atoms with van der Waals surface area (Å²) >= 11 is 0.